The largest absolute Gasteiger partial charge is 0.486 e. The van der Waals surface area contributed by atoms with Gasteiger partial charge >= 0.3 is 119 Å². The minimum atomic E-state index is -1.85. The molecular weight excluding hydrogens is 889 g/mol. The molecule has 1 radical (unpaired) electrons. The van der Waals surface area contributed by atoms with Crippen LogP contribution in [0.25, 0.3) is 55.7 Å². The van der Waals surface area contributed by atoms with Gasteiger partial charge in [0.05, 0.1) is 5.58 Å². The van der Waals surface area contributed by atoms with Crippen molar-refractivity contribution in [2.75, 3.05) is 0 Å². The van der Waals surface area contributed by atoms with E-state index in [9.17, 15) is 0 Å². The van der Waals surface area contributed by atoms with Crippen LogP contribution in [0.15, 0.2) is 108 Å². The molecule has 0 bridgehead atoms. The topological polar surface area (TPSA) is 64.7 Å². The second-order valence-corrected chi connectivity index (χ2v) is 26.1. The summed E-state index contributed by atoms with van der Waals surface area (Å²) in [5, 5.41) is 1.92. The molecule has 0 saturated heterocycles. The van der Waals surface area contributed by atoms with E-state index in [0.29, 0.717) is 17.5 Å². The molecule has 1 saturated carbocycles. The van der Waals surface area contributed by atoms with E-state index >= 15 is 0 Å². The van der Waals surface area contributed by atoms with Crippen molar-refractivity contribution in [2.45, 2.75) is 82.0 Å². The van der Waals surface area contributed by atoms with E-state index in [1.807, 2.05) is 54.9 Å². The zero-order chi connectivity index (χ0) is 36.2. The minimum Gasteiger partial charge on any atom is -0.486 e. The summed E-state index contributed by atoms with van der Waals surface area (Å²) in [5.74, 6) is 9.09. The monoisotopic (exact) mass is 939 g/mol. The van der Waals surface area contributed by atoms with Gasteiger partial charge in [0.2, 0.25) is 5.71 Å². The molecular formula is C46H48GeIrN4O-2. The number of nitrogens with zero attached hydrogens (tertiary/aromatic N) is 4. The number of rotatable bonds is 7. The van der Waals surface area contributed by atoms with Gasteiger partial charge in [0.15, 0.2) is 0 Å². The van der Waals surface area contributed by atoms with Crippen LogP contribution >= 0.6 is 0 Å². The van der Waals surface area contributed by atoms with E-state index in [0.717, 1.165) is 55.9 Å². The molecule has 1 aliphatic carbocycles. The number of pyridine rings is 4. The molecule has 0 amide bonds. The van der Waals surface area contributed by atoms with Crippen molar-refractivity contribution in [1.29, 1.82) is 0 Å². The third-order valence-electron chi connectivity index (χ3n) is 10.6. The van der Waals surface area contributed by atoms with E-state index < -0.39 is 13.3 Å². The first kappa shape index (κ1) is 38.7. The average molecular weight is 938 g/mol. The van der Waals surface area contributed by atoms with Gasteiger partial charge in [-0.25, -0.2) is 4.98 Å². The third-order valence-corrected chi connectivity index (χ3v) is 14.9. The van der Waals surface area contributed by atoms with Gasteiger partial charge < -0.3 is 14.4 Å². The molecule has 1 atom stereocenters. The molecule has 1 aliphatic rings. The Balaban J connectivity index is 0.000000206. The fourth-order valence-corrected chi connectivity index (χ4v) is 11.2. The number of fused-ring (bicyclic) bond motifs is 3. The SMILES string of the molecule is CC(C)c1cc(-c2[c-]cccc2)nc[c]1[Ge]([CH3])([CH3])[CH3].CC(c1ccnc(-c2[c-]ncc3c2oc2nccc(-c4ccccc4)c23)c1)C1CCCCC1.[Ir]. The van der Waals surface area contributed by atoms with Crippen LogP contribution in [0, 0.1) is 18.2 Å². The summed E-state index contributed by atoms with van der Waals surface area (Å²) < 4.78 is 7.82. The quantitative estimate of drug-likeness (QED) is 0.118. The van der Waals surface area contributed by atoms with E-state index in [-0.39, 0.29) is 20.1 Å². The minimum absolute atomic E-state index is 0. The van der Waals surface area contributed by atoms with Crippen molar-refractivity contribution in [3.8, 4) is 33.6 Å². The fourth-order valence-electron chi connectivity index (χ4n) is 7.65. The van der Waals surface area contributed by atoms with Crippen LogP contribution in [0.2, 0.25) is 17.3 Å². The summed E-state index contributed by atoms with van der Waals surface area (Å²) in [6.45, 7) is 6.89. The molecule has 1 unspecified atom stereocenters. The summed E-state index contributed by atoms with van der Waals surface area (Å²) in [5.41, 5.74) is 10.1. The standard InChI is InChI=1S/C29H26N3O.C17H22GeN.Ir/c1-19(20-8-4-2-5-9-20)22-12-14-31-26(16-22)24-17-30-18-25-27-23(21-10-6-3-7-11-21)13-15-32-29(27)33-28(24)25;1-13(2)15-11-17(14-9-7-6-8-10-14)19-12-16(15)18(3,4)5;/h3,6-7,10-16,18-20H,2,4-5,8-9H2,1H3;6-9,11-13H,1-5H3;/q2*-1;. The van der Waals surface area contributed by atoms with E-state index in [2.05, 4.69) is 113 Å². The predicted molar refractivity (Wildman–Crippen MR) is 217 cm³/mol. The molecule has 0 aliphatic heterocycles. The summed E-state index contributed by atoms with van der Waals surface area (Å²) in [6.07, 6.45) is 17.5. The van der Waals surface area contributed by atoms with Gasteiger partial charge in [0.1, 0.15) is 0 Å². The summed E-state index contributed by atoms with van der Waals surface area (Å²) in [4.78, 5) is 18.3. The van der Waals surface area contributed by atoms with Crippen LogP contribution in [0.3, 0.4) is 0 Å². The van der Waals surface area contributed by atoms with Gasteiger partial charge in [-0.05, 0) is 71.4 Å². The normalized spacial score (nSPS) is 14.1. The summed E-state index contributed by atoms with van der Waals surface area (Å²) >= 11 is -1.85. The molecule has 5 nitrogen and oxygen atoms in total. The molecule has 7 heteroatoms. The Kier molecular flexibility index (Phi) is 12.4. The zero-order valence-corrected chi connectivity index (χ0v) is 36.1. The molecule has 0 N–H and O–H groups in total. The number of aromatic nitrogens is 4. The maximum Gasteiger partial charge on any atom is 0.216 e. The third kappa shape index (κ3) is 8.56. The number of furan rings is 1. The predicted octanol–water partition coefficient (Wildman–Crippen LogP) is 11.8. The van der Waals surface area contributed by atoms with Crippen LogP contribution in [-0.2, 0) is 20.1 Å². The number of hydrogen-bond acceptors (Lipinski definition) is 5. The first-order chi connectivity index (χ1) is 25.2. The molecule has 273 valence electrons. The van der Waals surface area contributed by atoms with Crippen molar-refractivity contribution in [1.82, 2.24) is 19.9 Å². The van der Waals surface area contributed by atoms with Crippen LogP contribution in [0.4, 0.5) is 0 Å². The van der Waals surface area contributed by atoms with Gasteiger partial charge in [0, 0.05) is 37.9 Å². The summed E-state index contributed by atoms with van der Waals surface area (Å²) in [7, 11) is 0. The van der Waals surface area contributed by atoms with Crippen LogP contribution in [0.1, 0.15) is 75.8 Å². The van der Waals surface area contributed by atoms with E-state index in [4.69, 9.17) is 4.42 Å². The van der Waals surface area contributed by atoms with Gasteiger partial charge in [0.25, 0.3) is 0 Å². The first-order valence-corrected chi connectivity index (χ1v) is 26.1. The van der Waals surface area contributed by atoms with Crippen LogP contribution < -0.4 is 4.40 Å². The molecule has 8 rings (SSSR count). The van der Waals surface area contributed by atoms with Gasteiger partial charge in [-0.2, -0.15) is 0 Å². The van der Waals surface area contributed by atoms with E-state index in [1.54, 1.807) is 6.20 Å². The second kappa shape index (κ2) is 17.0. The van der Waals surface area contributed by atoms with Crippen molar-refractivity contribution in [3.63, 3.8) is 0 Å². The Morgan fingerprint density at radius 1 is 0.792 bits per heavy atom. The van der Waals surface area contributed by atoms with Crippen LogP contribution in [-0.4, -0.2) is 33.2 Å². The molecule has 5 aromatic heterocycles. The Hall–Kier alpha value is -3.97. The van der Waals surface area contributed by atoms with Crippen molar-refractivity contribution in [2.24, 2.45) is 5.92 Å². The zero-order valence-electron chi connectivity index (χ0n) is 31.6. The van der Waals surface area contributed by atoms with Gasteiger partial charge in [-0.3, -0.25) is 0 Å². The van der Waals surface area contributed by atoms with E-state index in [1.165, 1.54) is 47.6 Å². The molecule has 7 aromatic rings. The maximum absolute atomic E-state index is 6.29. The first-order valence-electron chi connectivity index (χ1n) is 18.8. The van der Waals surface area contributed by atoms with Crippen molar-refractivity contribution >= 4 is 39.7 Å². The smallest absolute Gasteiger partial charge is 0.216 e. The molecule has 53 heavy (non-hydrogen) atoms. The number of benzene rings is 2. The Bertz CT molecular complexity index is 2280. The fraction of sp³-hybridized carbons (Fsp3) is 0.304. The van der Waals surface area contributed by atoms with Crippen molar-refractivity contribution in [3.05, 3.63) is 127 Å². The molecule has 1 fully saturated rings. The van der Waals surface area contributed by atoms with Gasteiger partial charge in [-0.15, -0.1) is 0 Å². The Morgan fingerprint density at radius 2 is 1.55 bits per heavy atom. The Morgan fingerprint density at radius 3 is 2.26 bits per heavy atom. The molecule has 5 heterocycles. The average Bonchev–Trinajstić information content (AvgIpc) is 3.58. The van der Waals surface area contributed by atoms with Crippen molar-refractivity contribution < 1.29 is 24.5 Å². The second-order valence-electron chi connectivity index (χ2n) is 15.5. The van der Waals surface area contributed by atoms with Crippen LogP contribution in [0.5, 0.6) is 0 Å². The maximum atomic E-state index is 6.29. The van der Waals surface area contributed by atoms with Gasteiger partial charge in [-0.1, -0.05) is 73.7 Å². The Labute approximate surface area is 330 Å². The molecule has 0 spiro atoms. The summed E-state index contributed by atoms with van der Waals surface area (Å²) in [6, 6.07) is 30.3. The number of hydrogen-bond donors (Lipinski definition) is 0. The molecule has 2 aromatic carbocycles.